The molecule has 0 radical (unpaired) electrons. The fourth-order valence-corrected chi connectivity index (χ4v) is 2.51. The summed E-state index contributed by atoms with van der Waals surface area (Å²) in [6, 6.07) is 1.73. The molecule has 2 amide bonds. The van der Waals surface area contributed by atoms with Crippen LogP contribution < -0.4 is 5.73 Å². The number of nitrogens with two attached hydrogens (primary N) is 1. The average Bonchev–Trinajstić information content (AvgIpc) is 3.16. The number of nitrogens with zero attached hydrogens (tertiary/aromatic N) is 2. The number of carbonyl (C=O) groups is 2. The largest absolute Gasteiger partial charge is 0.369 e. The minimum atomic E-state index is -0.337. The van der Waals surface area contributed by atoms with Gasteiger partial charge in [-0.1, -0.05) is 5.16 Å². The number of likely N-dealkylation sites (tertiary alicyclic amines) is 1. The molecule has 3 rings (SSSR count). The van der Waals surface area contributed by atoms with E-state index in [1.807, 2.05) is 0 Å². The fourth-order valence-electron chi connectivity index (χ4n) is 2.51. The number of piperidine rings is 1. The second-order valence-corrected chi connectivity index (χ2v) is 5.38. The highest BCUT2D eigenvalue weighted by molar-refractivity contribution is 5.92. The highest BCUT2D eigenvalue weighted by atomic mass is 16.5. The maximum absolute atomic E-state index is 12.3. The Balaban J connectivity index is 1.69. The average molecular weight is 263 g/mol. The summed E-state index contributed by atoms with van der Waals surface area (Å²) in [5.41, 5.74) is 5.65. The first-order chi connectivity index (χ1) is 9.15. The summed E-state index contributed by atoms with van der Waals surface area (Å²) in [4.78, 5) is 25.1. The van der Waals surface area contributed by atoms with E-state index in [1.165, 1.54) is 0 Å². The molecule has 1 aliphatic heterocycles. The first kappa shape index (κ1) is 12.2. The molecule has 6 nitrogen and oxygen atoms in total. The fraction of sp³-hybridized carbons (Fsp3) is 0.615. The number of carbonyl (C=O) groups excluding carboxylic acids is 2. The maximum atomic E-state index is 12.3. The van der Waals surface area contributed by atoms with Gasteiger partial charge in [-0.3, -0.25) is 9.59 Å². The molecule has 1 aromatic heterocycles. The molecule has 2 aliphatic rings. The van der Waals surface area contributed by atoms with Gasteiger partial charge in [-0.15, -0.1) is 0 Å². The lowest BCUT2D eigenvalue weighted by atomic mass is 9.97. The summed E-state index contributed by atoms with van der Waals surface area (Å²) < 4.78 is 5.19. The smallest absolute Gasteiger partial charge is 0.276 e. The SMILES string of the molecule is NC(=O)[C@H]1CCCN(C(=O)c2cc(C3CC3)on2)C1. The van der Waals surface area contributed by atoms with Crippen molar-refractivity contribution in [2.24, 2.45) is 11.7 Å². The molecule has 2 heterocycles. The van der Waals surface area contributed by atoms with Crippen molar-refractivity contribution in [1.82, 2.24) is 10.1 Å². The molecular weight excluding hydrogens is 246 g/mol. The Morgan fingerprint density at radius 1 is 1.37 bits per heavy atom. The molecule has 6 heteroatoms. The molecule has 2 N–H and O–H groups in total. The Kier molecular flexibility index (Phi) is 3.00. The van der Waals surface area contributed by atoms with Crippen molar-refractivity contribution in [3.8, 4) is 0 Å². The number of primary amides is 1. The van der Waals surface area contributed by atoms with Gasteiger partial charge in [0.25, 0.3) is 5.91 Å². The van der Waals surface area contributed by atoms with Gasteiger partial charge < -0.3 is 15.2 Å². The van der Waals surface area contributed by atoms with E-state index >= 15 is 0 Å². The number of hydrogen-bond acceptors (Lipinski definition) is 4. The van der Waals surface area contributed by atoms with Crippen LogP contribution in [0.5, 0.6) is 0 Å². The van der Waals surface area contributed by atoms with Gasteiger partial charge >= 0.3 is 0 Å². The van der Waals surface area contributed by atoms with Crippen LogP contribution >= 0.6 is 0 Å². The van der Waals surface area contributed by atoms with Gasteiger partial charge in [0.05, 0.1) is 5.92 Å². The van der Waals surface area contributed by atoms with Gasteiger partial charge in [0, 0.05) is 25.1 Å². The normalized spacial score (nSPS) is 23.4. The Morgan fingerprint density at radius 2 is 2.16 bits per heavy atom. The highest BCUT2D eigenvalue weighted by Gasteiger charge is 2.32. The minimum absolute atomic E-state index is 0.165. The molecule has 1 saturated carbocycles. The number of hydrogen-bond donors (Lipinski definition) is 1. The molecule has 1 saturated heterocycles. The number of rotatable bonds is 3. The summed E-state index contributed by atoms with van der Waals surface area (Å²) >= 11 is 0. The van der Waals surface area contributed by atoms with Gasteiger partial charge in [-0.2, -0.15) is 0 Å². The molecule has 19 heavy (non-hydrogen) atoms. The van der Waals surface area contributed by atoms with E-state index in [-0.39, 0.29) is 17.7 Å². The summed E-state index contributed by atoms with van der Waals surface area (Å²) in [5, 5.41) is 3.84. The molecule has 2 fully saturated rings. The Bertz CT molecular complexity index is 507. The Morgan fingerprint density at radius 3 is 2.84 bits per heavy atom. The van der Waals surface area contributed by atoms with Gasteiger partial charge in [0.2, 0.25) is 5.91 Å². The topological polar surface area (TPSA) is 89.4 Å². The molecule has 0 spiro atoms. The minimum Gasteiger partial charge on any atom is -0.369 e. The van der Waals surface area contributed by atoms with Crippen LogP contribution in [-0.2, 0) is 4.79 Å². The van der Waals surface area contributed by atoms with Crippen LogP contribution in [-0.4, -0.2) is 35.0 Å². The van der Waals surface area contributed by atoms with Crippen molar-refractivity contribution in [3.63, 3.8) is 0 Å². The monoisotopic (exact) mass is 263 g/mol. The summed E-state index contributed by atoms with van der Waals surface area (Å²) in [6.45, 7) is 1.04. The van der Waals surface area contributed by atoms with E-state index < -0.39 is 0 Å². The van der Waals surface area contributed by atoms with Gasteiger partial charge in [-0.25, -0.2) is 0 Å². The summed E-state index contributed by atoms with van der Waals surface area (Å²) in [6.07, 6.45) is 3.77. The zero-order valence-corrected chi connectivity index (χ0v) is 10.7. The van der Waals surface area contributed by atoms with Crippen LogP contribution in [0.3, 0.4) is 0 Å². The third kappa shape index (κ3) is 2.47. The zero-order valence-electron chi connectivity index (χ0n) is 10.7. The summed E-state index contributed by atoms with van der Waals surface area (Å²) in [5.74, 6) is 0.492. The van der Waals surface area contributed by atoms with Crippen molar-refractivity contribution >= 4 is 11.8 Å². The molecule has 0 bridgehead atoms. The molecule has 0 aromatic carbocycles. The van der Waals surface area contributed by atoms with Crippen molar-refractivity contribution in [1.29, 1.82) is 0 Å². The maximum Gasteiger partial charge on any atom is 0.276 e. The lowest BCUT2D eigenvalue weighted by Gasteiger charge is -2.30. The van der Waals surface area contributed by atoms with Crippen LogP contribution in [0.4, 0.5) is 0 Å². The number of amides is 2. The van der Waals surface area contributed by atoms with E-state index in [0.29, 0.717) is 24.7 Å². The third-order valence-electron chi connectivity index (χ3n) is 3.84. The van der Waals surface area contributed by atoms with Crippen LogP contribution in [0, 0.1) is 5.92 Å². The highest BCUT2D eigenvalue weighted by Crippen LogP contribution is 2.40. The lowest BCUT2D eigenvalue weighted by molar-refractivity contribution is -0.123. The Labute approximate surface area is 110 Å². The predicted molar refractivity (Wildman–Crippen MR) is 66.3 cm³/mol. The van der Waals surface area contributed by atoms with E-state index in [9.17, 15) is 9.59 Å². The van der Waals surface area contributed by atoms with Crippen LogP contribution in [0.1, 0.15) is 47.8 Å². The summed E-state index contributed by atoms with van der Waals surface area (Å²) in [7, 11) is 0. The molecular formula is C13H17N3O3. The molecule has 102 valence electrons. The van der Waals surface area contributed by atoms with Crippen molar-refractivity contribution in [2.45, 2.75) is 31.6 Å². The van der Waals surface area contributed by atoms with Crippen LogP contribution in [0.2, 0.25) is 0 Å². The second kappa shape index (κ2) is 4.68. The molecule has 0 unspecified atom stereocenters. The van der Waals surface area contributed by atoms with Crippen LogP contribution in [0.15, 0.2) is 10.6 Å². The van der Waals surface area contributed by atoms with Gasteiger partial charge in [-0.05, 0) is 25.7 Å². The van der Waals surface area contributed by atoms with E-state index in [4.69, 9.17) is 10.3 Å². The molecule has 1 atom stereocenters. The first-order valence-electron chi connectivity index (χ1n) is 6.70. The predicted octanol–water partition coefficient (Wildman–Crippen LogP) is 0.889. The number of aromatic nitrogens is 1. The van der Waals surface area contributed by atoms with Gasteiger partial charge in [0.1, 0.15) is 5.76 Å². The first-order valence-corrected chi connectivity index (χ1v) is 6.70. The van der Waals surface area contributed by atoms with Gasteiger partial charge in [0.15, 0.2) is 5.69 Å². The van der Waals surface area contributed by atoms with Crippen molar-refractivity contribution in [2.75, 3.05) is 13.1 Å². The van der Waals surface area contributed by atoms with E-state index in [1.54, 1.807) is 11.0 Å². The van der Waals surface area contributed by atoms with E-state index in [2.05, 4.69) is 5.16 Å². The van der Waals surface area contributed by atoms with E-state index in [0.717, 1.165) is 31.4 Å². The van der Waals surface area contributed by atoms with Crippen molar-refractivity contribution in [3.05, 3.63) is 17.5 Å². The zero-order chi connectivity index (χ0) is 13.4. The lowest BCUT2D eigenvalue weighted by Crippen LogP contribution is -2.44. The molecule has 1 aromatic rings. The van der Waals surface area contributed by atoms with Crippen LogP contribution in [0.25, 0.3) is 0 Å². The third-order valence-corrected chi connectivity index (χ3v) is 3.84. The second-order valence-electron chi connectivity index (χ2n) is 5.38. The van der Waals surface area contributed by atoms with Crippen molar-refractivity contribution < 1.29 is 14.1 Å². The quantitative estimate of drug-likeness (QED) is 0.877. The standard InChI is InChI=1S/C13H17N3O3/c14-12(17)9-2-1-5-16(7-9)13(18)10-6-11(19-15-10)8-3-4-8/h6,8-9H,1-5,7H2,(H2,14,17)/t9-/m0/s1. The Hall–Kier alpha value is -1.85. The molecule has 1 aliphatic carbocycles.